The minimum absolute atomic E-state index is 0.00980. The number of halogens is 3. The van der Waals surface area contributed by atoms with Gasteiger partial charge in [-0.25, -0.2) is 0 Å². The summed E-state index contributed by atoms with van der Waals surface area (Å²) in [6, 6.07) is 30.7. The molecule has 0 aliphatic carbocycles. The Kier molecular flexibility index (Phi) is 13.9. The van der Waals surface area contributed by atoms with E-state index in [0.29, 0.717) is 16.7 Å². The second-order valence-electron chi connectivity index (χ2n) is 14.8. The summed E-state index contributed by atoms with van der Waals surface area (Å²) in [4.78, 5) is 52.8. The monoisotopic (exact) mass is 810 g/mol. The minimum atomic E-state index is -4.69. The Hall–Kier alpha value is -6.51. The largest absolute Gasteiger partial charge is 0.497 e. The lowest BCUT2D eigenvalue weighted by atomic mass is 10.0. The van der Waals surface area contributed by atoms with Crippen LogP contribution < -0.4 is 20.9 Å². The summed E-state index contributed by atoms with van der Waals surface area (Å²) in [6.45, 7) is 6.87. The average molecular weight is 811 g/mol. The number of hydrogen-bond acceptors (Lipinski definition) is 8. The van der Waals surface area contributed by atoms with Crippen molar-refractivity contribution < 1.29 is 46.9 Å². The fourth-order valence-corrected chi connectivity index (χ4v) is 6.01. The molecular formula is C45H45F3N4O7. The van der Waals surface area contributed by atoms with Crippen molar-refractivity contribution in [2.24, 2.45) is 0 Å². The number of carbonyl (C=O) groups excluding carboxylic acids is 4. The zero-order valence-electron chi connectivity index (χ0n) is 33.1. The van der Waals surface area contributed by atoms with Gasteiger partial charge >= 0.3 is 12.1 Å². The summed E-state index contributed by atoms with van der Waals surface area (Å²) in [7, 11) is 1.25. The van der Waals surface area contributed by atoms with E-state index in [9.17, 15) is 37.5 Å². The number of hydrogen-bond donors (Lipinski definition) is 4. The Labute approximate surface area is 340 Å². The standard InChI is InChI=1S/C45H45F3N4O7/c1-28-6-10-30(11-7-28)31-14-16-33(17-15-31)42(56)51-50-41(55)32-12-8-29(9-13-32)26-52(27-40(54)59-44(2,3)4)43(57)34-18-21-36(22-19-34)49-39(53)24-35-20-23-37(58-5)25-38(35)45(46,47)48/h6-23,25,43,57H,24,26-27H2,1-5H3,(H,49,53)(H,50,55)(H,51,56). The maximum Gasteiger partial charge on any atom is 0.416 e. The van der Waals surface area contributed by atoms with E-state index in [0.717, 1.165) is 22.8 Å². The topological polar surface area (TPSA) is 146 Å². The quantitative estimate of drug-likeness (QED) is 0.0536. The first-order chi connectivity index (χ1) is 27.9. The lowest BCUT2D eigenvalue weighted by molar-refractivity contribution is -0.159. The number of nitrogens with one attached hydrogen (secondary N) is 3. The van der Waals surface area contributed by atoms with Crippen molar-refractivity contribution in [1.29, 1.82) is 0 Å². The van der Waals surface area contributed by atoms with Crippen LogP contribution in [0.5, 0.6) is 5.75 Å². The van der Waals surface area contributed by atoms with Gasteiger partial charge in [-0.15, -0.1) is 0 Å². The van der Waals surface area contributed by atoms with Crippen molar-refractivity contribution in [3.05, 3.63) is 154 Å². The summed E-state index contributed by atoms with van der Waals surface area (Å²) in [6.07, 6.45) is -6.59. The molecule has 4 N–H and O–H groups in total. The number of hydrazine groups is 1. The van der Waals surface area contributed by atoms with Gasteiger partial charge in [0.15, 0.2) is 0 Å². The van der Waals surface area contributed by atoms with Crippen molar-refractivity contribution in [3.8, 4) is 16.9 Å². The molecule has 59 heavy (non-hydrogen) atoms. The van der Waals surface area contributed by atoms with Gasteiger partial charge in [-0.3, -0.25) is 34.9 Å². The maximum absolute atomic E-state index is 13.7. The van der Waals surface area contributed by atoms with Gasteiger partial charge in [0.2, 0.25) is 5.91 Å². The number of alkyl halides is 3. The van der Waals surface area contributed by atoms with Gasteiger partial charge in [0.05, 0.1) is 25.6 Å². The van der Waals surface area contributed by atoms with Crippen LogP contribution in [0.15, 0.2) is 115 Å². The van der Waals surface area contributed by atoms with Gasteiger partial charge in [-0.2, -0.15) is 13.2 Å². The molecule has 0 aliphatic heterocycles. The number of rotatable bonds is 13. The average Bonchev–Trinajstić information content (AvgIpc) is 3.19. The Morgan fingerprint density at radius 1 is 0.746 bits per heavy atom. The molecule has 1 atom stereocenters. The van der Waals surface area contributed by atoms with E-state index in [2.05, 4.69) is 16.2 Å². The Bertz CT molecular complexity index is 2250. The van der Waals surface area contributed by atoms with Crippen LogP contribution in [0.2, 0.25) is 0 Å². The molecule has 0 saturated carbocycles. The van der Waals surface area contributed by atoms with Crippen LogP contribution in [-0.4, -0.2) is 53.0 Å². The van der Waals surface area contributed by atoms with Gasteiger partial charge in [0.25, 0.3) is 11.8 Å². The molecule has 0 radical (unpaired) electrons. The van der Waals surface area contributed by atoms with Crippen LogP contribution in [-0.2, 0) is 33.5 Å². The predicted molar refractivity (Wildman–Crippen MR) is 216 cm³/mol. The first kappa shape index (κ1) is 43.6. The molecule has 308 valence electrons. The lowest BCUT2D eigenvalue weighted by Crippen LogP contribution is -2.41. The lowest BCUT2D eigenvalue weighted by Gasteiger charge is -2.29. The molecule has 0 saturated heterocycles. The van der Waals surface area contributed by atoms with Crippen LogP contribution in [0, 0.1) is 6.92 Å². The normalized spacial score (nSPS) is 12.0. The number of carbonyl (C=O) groups is 4. The second-order valence-corrected chi connectivity index (χ2v) is 14.8. The molecule has 0 bridgehead atoms. The Morgan fingerprint density at radius 2 is 1.29 bits per heavy atom. The Morgan fingerprint density at radius 3 is 1.81 bits per heavy atom. The second kappa shape index (κ2) is 18.8. The third-order valence-electron chi connectivity index (χ3n) is 8.99. The van der Waals surface area contributed by atoms with Gasteiger partial charge in [-0.05, 0) is 104 Å². The summed E-state index contributed by atoms with van der Waals surface area (Å²) in [5, 5.41) is 14.0. The smallest absolute Gasteiger partial charge is 0.416 e. The summed E-state index contributed by atoms with van der Waals surface area (Å²) in [5.41, 5.74) is 7.77. The molecule has 5 aromatic rings. The Balaban J connectivity index is 1.21. The fourth-order valence-electron chi connectivity index (χ4n) is 6.01. The van der Waals surface area contributed by atoms with E-state index < -0.39 is 53.7 Å². The van der Waals surface area contributed by atoms with Crippen LogP contribution in [0.3, 0.4) is 0 Å². The number of anilines is 1. The van der Waals surface area contributed by atoms with E-state index in [1.165, 1.54) is 60.5 Å². The zero-order chi connectivity index (χ0) is 42.9. The summed E-state index contributed by atoms with van der Waals surface area (Å²) >= 11 is 0. The molecule has 1 unspecified atom stereocenters. The van der Waals surface area contributed by atoms with Crippen LogP contribution in [0.1, 0.15) is 75.5 Å². The summed E-state index contributed by atoms with van der Waals surface area (Å²) in [5.74, 6) is -2.35. The highest BCUT2D eigenvalue weighted by Gasteiger charge is 2.34. The van der Waals surface area contributed by atoms with Gasteiger partial charge < -0.3 is 19.9 Å². The molecule has 5 rings (SSSR count). The first-order valence-electron chi connectivity index (χ1n) is 18.5. The van der Waals surface area contributed by atoms with E-state index >= 15 is 0 Å². The van der Waals surface area contributed by atoms with Gasteiger partial charge in [0.1, 0.15) is 17.6 Å². The molecular weight excluding hydrogens is 766 g/mol. The van der Waals surface area contributed by atoms with E-state index in [4.69, 9.17) is 9.47 Å². The molecule has 0 heterocycles. The molecule has 0 aromatic heterocycles. The van der Waals surface area contributed by atoms with Crippen LogP contribution >= 0.6 is 0 Å². The molecule has 0 spiro atoms. The zero-order valence-corrected chi connectivity index (χ0v) is 33.1. The third kappa shape index (κ3) is 12.5. The highest BCUT2D eigenvalue weighted by atomic mass is 19.4. The summed E-state index contributed by atoms with van der Waals surface area (Å²) < 4.78 is 51.4. The third-order valence-corrected chi connectivity index (χ3v) is 8.99. The number of methoxy groups -OCH3 is 1. The van der Waals surface area contributed by atoms with Crippen LogP contribution in [0.25, 0.3) is 11.1 Å². The molecule has 11 nitrogen and oxygen atoms in total. The van der Waals surface area contributed by atoms with Crippen molar-refractivity contribution in [3.63, 3.8) is 0 Å². The number of amides is 3. The van der Waals surface area contributed by atoms with E-state index in [-0.39, 0.29) is 35.7 Å². The SMILES string of the molecule is COc1ccc(CC(=O)Nc2ccc(C(O)N(CC(=O)OC(C)(C)C)Cc3ccc(C(=O)NNC(=O)c4ccc(-c5ccc(C)cc5)cc4)cc3)cc2)c(C(F)(F)F)c1. The fraction of sp³-hybridized carbons (Fsp3) is 0.244. The number of aryl methyl sites for hydroxylation is 1. The molecule has 0 aliphatic rings. The number of nitrogens with zero attached hydrogens (tertiary/aromatic N) is 1. The number of aliphatic hydroxyl groups is 1. The molecule has 3 amide bonds. The number of benzene rings is 5. The number of ether oxygens (including phenoxy) is 2. The van der Waals surface area contributed by atoms with Gasteiger partial charge in [-0.1, -0.05) is 72.3 Å². The molecule has 5 aromatic carbocycles. The minimum Gasteiger partial charge on any atom is -0.497 e. The first-order valence-corrected chi connectivity index (χ1v) is 18.5. The highest BCUT2D eigenvalue weighted by molar-refractivity contribution is 5.99. The molecule has 14 heteroatoms. The number of esters is 1. The van der Waals surface area contributed by atoms with E-state index in [1.807, 2.05) is 43.3 Å². The van der Waals surface area contributed by atoms with Crippen molar-refractivity contribution in [2.75, 3.05) is 19.0 Å². The highest BCUT2D eigenvalue weighted by Crippen LogP contribution is 2.35. The van der Waals surface area contributed by atoms with E-state index in [1.54, 1.807) is 45.0 Å². The molecule has 0 fully saturated rings. The van der Waals surface area contributed by atoms with Crippen molar-refractivity contribution >= 4 is 29.4 Å². The van der Waals surface area contributed by atoms with Crippen molar-refractivity contribution in [2.45, 2.75) is 58.7 Å². The van der Waals surface area contributed by atoms with Gasteiger partial charge in [0, 0.05) is 23.4 Å². The maximum atomic E-state index is 13.7. The predicted octanol–water partition coefficient (Wildman–Crippen LogP) is 7.78. The number of aliphatic hydroxyl groups excluding tert-OH is 1. The van der Waals surface area contributed by atoms with Crippen LogP contribution in [0.4, 0.5) is 18.9 Å². The van der Waals surface area contributed by atoms with Crippen molar-refractivity contribution in [1.82, 2.24) is 15.8 Å².